The van der Waals surface area contributed by atoms with Crippen LogP contribution < -0.4 is 5.32 Å². The lowest BCUT2D eigenvalue weighted by Crippen LogP contribution is -2.06. The molecule has 0 aliphatic rings. The zero-order chi connectivity index (χ0) is 14.4. The van der Waals surface area contributed by atoms with Gasteiger partial charge in [-0.15, -0.1) is 5.10 Å². The van der Waals surface area contributed by atoms with Crippen molar-refractivity contribution in [2.24, 2.45) is 0 Å². The number of aryl methyl sites for hydroxylation is 1. The highest BCUT2D eigenvalue weighted by atomic mass is 16.1. The maximum atomic E-state index is 11.1. The third-order valence-electron chi connectivity index (χ3n) is 2.63. The van der Waals surface area contributed by atoms with Crippen LogP contribution in [0.3, 0.4) is 0 Å². The van der Waals surface area contributed by atoms with Crippen LogP contribution >= 0.6 is 0 Å². The largest absolute Gasteiger partial charge is 0.326 e. The molecular weight excluding hydrogens is 256 g/mol. The summed E-state index contributed by atoms with van der Waals surface area (Å²) in [5.41, 5.74) is 1.51. The van der Waals surface area contributed by atoms with E-state index in [2.05, 4.69) is 26.9 Å². The van der Waals surface area contributed by atoms with E-state index in [1.807, 2.05) is 18.2 Å². The number of amides is 1. The van der Waals surface area contributed by atoms with Gasteiger partial charge in [-0.05, 0) is 29.0 Å². The summed E-state index contributed by atoms with van der Waals surface area (Å²) < 4.78 is 1.66. The van der Waals surface area contributed by atoms with Crippen molar-refractivity contribution in [1.29, 1.82) is 5.26 Å². The third-order valence-corrected chi connectivity index (χ3v) is 2.63. The lowest BCUT2D eigenvalue weighted by molar-refractivity contribution is -0.114. The van der Waals surface area contributed by atoms with Gasteiger partial charge >= 0.3 is 0 Å². The second-order valence-corrected chi connectivity index (χ2v) is 4.25. The molecule has 0 saturated heterocycles. The fraction of sp³-hybridized carbons (Fsp3) is 0.308. The second-order valence-electron chi connectivity index (χ2n) is 4.25. The van der Waals surface area contributed by atoms with Gasteiger partial charge in [-0.25, -0.2) is 4.68 Å². The Morgan fingerprint density at radius 3 is 3.10 bits per heavy atom. The molecule has 2 rings (SSSR count). The van der Waals surface area contributed by atoms with Crippen molar-refractivity contribution >= 4 is 11.6 Å². The van der Waals surface area contributed by atoms with Crippen LogP contribution in [0.25, 0.3) is 11.4 Å². The molecule has 102 valence electrons. The van der Waals surface area contributed by atoms with Crippen molar-refractivity contribution < 1.29 is 4.79 Å². The van der Waals surface area contributed by atoms with Gasteiger partial charge in [0.2, 0.25) is 5.91 Å². The summed E-state index contributed by atoms with van der Waals surface area (Å²) >= 11 is 0. The lowest BCUT2D eigenvalue weighted by Gasteiger charge is -2.06. The first kappa shape index (κ1) is 13.7. The molecule has 0 spiro atoms. The van der Waals surface area contributed by atoms with Crippen molar-refractivity contribution in [1.82, 2.24) is 20.2 Å². The number of rotatable bonds is 5. The average Bonchev–Trinajstić information content (AvgIpc) is 2.87. The Labute approximate surface area is 116 Å². The predicted molar refractivity (Wildman–Crippen MR) is 72.4 cm³/mol. The molecule has 2 aromatic rings. The zero-order valence-corrected chi connectivity index (χ0v) is 11.1. The van der Waals surface area contributed by atoms with Gasteiger partial charge in [-0.1, -0.05) is 12.1 Å². The summed E-state index contributed by atoms with van der Waals surface area (Å²) in [6, 6.07) is 9.41. The highest BCUT2D eigenvalue weighted by molar-refractivity contribution is 5.89. The number of carbonyl (C=O) groups excluding carboxylic acids is 1. The number of unbranched alkanes of at least 4 members (excludes halogenated alkanes) is 1. The minimum absolute atomic E-state index is 0.129. The number of benzene rings is 1. The highest BCUT2D eigenvalue weighted by Gasteiger charge is 2.09. The molecule has 7 heteroatoms. The van der Waals surface area contributed by atoms with Crippen LogP contribution in [-0.2, 0) is 11.3 Å². The maximum absolute atomic E-state index is 11.1. The minimum atomic E-state index is -0.129. The van der Waals surface area contributed by atoms with E-state index in [9.17, 15) is 4.79 Å². The van der Waals surface area contributed by atoms with E-state index in [0.717, 1.165) is 5.56 Å². The van der Waals surface area contributed by atoms with E-state index in [1.54, 1.807) is 10.7 Å². The summed E-state index contributed by atoms with van der Waals surface area (Å²) in [5, 5.41) is 22.8. The van der Waals surface area contributed by atoms with Crippen LogP contribution in [0.1, 0.15) is 19.8 Å². The molecule has 0 radical (unpaired) electrons. The van der Waals surface area contributed by atoms with E-state index >= 15 is 0 Å². The molecule has 1 N–H and O–H groups in total. The Bertz CT molecular complexity index is 642. The number of nitriles is 1. The first-order chi connectivity index (χ1) is 9.70. The fourth-order valence-electron chi connectivity index (χ4n) is 1.81. The van der Waals surface area contributed by atoms with Crippen LogP contribution in [0, 0.1) is 11.3 Å². The maximum Gasteiger partial charge on any atom is 0.221 e. The molecule has 7 nitrogen and oxygen atoms in total. The summed E-state index contributed by atoms with van der Waals surface area (Å²) in [7, 11) is 0. The molecule has 0 aliphatic heterocycles. The number of nitrogens with one attached hydrogen (secondary N) is 1. The molecule has 0 fully saturated rings. The first-order valence-corrected chi connectivity index (χ1v) is 6.22. The van der Waals surface area contributed by atoms with Crippen LogP contribution in [0.5, 0.6) is 0 Å². The third kappa shape index (κ3) is 3.38. The molecule has 1 heterocycles. The Balaban J connectivity index is 2.21. The topological polar surface area (TPSA) is 96.5 Å². The SMILES string of the molecule is CC(=O)Nc1cccc(-c2nnnn2CCCC#N)c1. The summed E-state index contributed by atoms with van der Waals surface area (Å²) in [4.78, 5) is 11.1. The number of anilines is 1. The average molecular weight is 270 g/mol. The molecular formula is C13H14N6O. The Hall–Kier alpha value is -2.75. The molecule has 0 bridgehead atoms. The molecule has 1 aromatic heterocycles. The van der Waals surface area contributed by atoms with Crippen molar-refractivity contribution in [3.8, 4) is 17.5 Å². The first-order valence-electron chi connectivity index (χ1n) is 6.22. The second kappa shape index (κ2) is 6.43. The Morgan fingerprint density at radius 1 is 1.50 bits per heavy atom. The van der Waals surface area contributed by atoms with Gasteiger partial charge < -0.3 is 5.32 Å². The summed E-state index contributed by atoms with van der Waals surface area (Å²) in [5.74, 6) is 0.492. The quantitative estimate of drug-likeness (QED) is 0.832. The standard InChI is InChI=1S/C13H14N6O/c1-10(20)15-12-6-4-5-11(9-12)13-16-17-18-19(13)8-3-2-7-14/h4-6,9H,2-3,8H2,1H3,(H,15,20). The van der Waals surface area contributed by atoms with Crippen molar-refractivity contribution in [2.45, 2.75) is 26.3 Å². The van der Waals surface area contributed by atoms with Crippen LogP contribution in [-0.4, -0.2) is 26.1 Å². The van der Waals surface area contributed by atoms with Crippen molar-refractivity contribution in [3.63, 3.8) is 0 Å². The number of tetrazole rings is 1. The van der Waals surface area contributed by atoms with Gasteiger partial charge in [-0.3, -0.25) is 4.79 Å². The normalized spacial score (nSPS) is 10.0. The number of hydrogen-bond acceptors (Lipinski definition) is 5. The predicted octanol–water partition coefficient (Wildman–Crippen LogP) is 1.60. The molecule has 0 atom stereocenters. The number of aromatic nitrogens is 4. The van der Waals surface area contributed by atoms with Gasteiger partial charge in [0.05, 0.1) is 6.07 Å². The number of carbonyl (C=O) groups is 1. The summed E-state index contributed by atoms with van der Waals surface area (Å²) in [6.07, 6.45) is 1.16. The molecule has 20 heavy (non-hydrogen) atoms. The Kier molecular flexibility index (Phi) is 4.39. The molecule has 0 aliphatic carbocycles. The monoisotopic (exact) mass is 270 g/mol. The number of nitrogens with zero attached hydrogens (tertiary/aromatic N) is 5. The van der Waals surface area contributed by atoms with E-state index in [-0.39, 0.29) is 5.91 Å². The molecule has 0 unspecified atom stereocenters. The highest BCUT2D eigenvalue weighted by Crippen LogP contribution is 2.20. The Morgan fingerprint density at radius 2 is 2.35 bits per heavy atom. The van der Waals surface area contributed by atoms with Gasteiger partial charge in [-0.2, -0.15) is 5.26 Å². The van der Waals surface area contributed by atoms with Crippen LogP contribution in [0.4, 0.5) is 5.69 Å². The van der Waals surface area contributed by atoms with Crippen LogP contribution in [0.2, 0.25) is 0 Å². The van der Waals surface area contributed by atoms with E-state index in [1.165, 1.54) is 6.92 Å². The minimum Gasteiger partial charge on any atom is -0.326 e. The van der Waals surface area contributed by atoms with Crippen molar-refractivity contribution in [2.75, 3.05) is 5.32 Å². The molecule has 1 aromatic carbocycles. The molecule has 0 saturated carbocycles. The van der Waals surface area contributed by atoms with Gasteiger partial charge in [0.1, 0.15) is 0 Å². The van der Waals surface area contributed by atoms with Gasteiger partial charge in [0.15, 0.2) is 5.82 Å². The van der Waals surface area contributed by atoms with Crippen molar-refractivity contribution in [3.05, 3.63) is 24.3 Å². The van der Waals surface area contributed by atoms with Gasteiger partial charge in [0.25, 0.3) is 0 Å². The van der Waals surface area contributed by atoms with E-state index in [0.29, 0.717) is 30.9 Å². The summed E-state index contributed by atoms with van der Waals surface area (Å²) in [6.45, 7) is 2.04. The van der Waals surface area contributed by atoms with Gasteiger partial charge in [0, 0.05) is 31.1 Å². The zero-order valence-electron chi connectivity index (χ0n) is 11.1. The van der Waals surface area contributed by atoms with E-state index in [4.69, 9.17) is 5.26 Å². The fourth-order valence-corrected chi connectivity index (χ4v) is 1.81. The smallest absolute Gasteiger partial charge is 0.221 e. The number of hydrogen-bond donors (Lipinski definition) is 1. The van der Waals surface area contributed by atoms with Crippen LogP contribution in [0.15, 0.2) is 24.3 Å². The molecule has 1 amide bonds. The lowest BCUT2D eigenvalue weighted by atomic mass is 10.2. The van der Waals surface area contributed by atoms with E-state index < -0.39 is 0 Å².